The highest BCUT2D eigenvalue weighted by molar-refractivity contribution is 6.30. The monoisotopic (exact) mass is 305 g/mol. The summed E-state index contributed by atoms with van der Waals surface area (Å²) in [5.41, 5.74) is 0.850. The van der Waals surface area contributed by atoms with E-state index in [0.29, 0.717) is 11.6 Å². The molecule has 0 saturated heterocycles. The summed E-state index contributed by atoms with van der Waals surface area (Å²) in [7, 11) is 0. The molecule has 2 rings (SSSR count). The quantitative estimate of drug-likeness (QED) is 0.868. The highest BCUT2D eigenvalue weighted by Crippen LogP contribution is 2.18. The van der Waals surface area contributed by atoms with Gasteiger partial charge in [0.15, 0.2) is 0 Å². The molecule has 0 aliphatic rings. The summed E-state index contributed by atoms with van der Waals surface area (Å²) in [5.74, 6) is 0.0196. The van der Waals surface area contributed by atoms with E-state index in [2.05, 4.69) is 5.10 Å². The van der Waals surface area contributed by atoms with Crippen LogP contribution >= 0.6 is 11.6 Å². The van der Waals surface area contributed by atoms with Crippen molar-refractivity contribution >= 4 is 17.5 Å². The van der Waals surface area contributed by atoms with Gasteiger partial charge in [0.1, 0.15) is 6.54 Å². The minimum atomic E-state index is -0.260. The molecular formula is C16H20ClN3O. The largest absolute Gasteiger partial charge is 0.332 e. The van der Waals surface area contributed by atoms with Gasteiger partial charge >= 0.3 is 0 Å². The van der Waals surface area contributed by atoms with Crippen molar-refractivity contribution in [1.29, 1.82) is 0 Å². The molecule has 1 heterocycles. The smallest absolute Gasteiger partial charge is 0.245 e. The fourth-order valence-electron chi connectivity index (χ4n) is 2.11. The third kappa shape index (κ3) is 4.33. The summed E-state index contributed by atoms with van der Waals surface area (Å²) in [6, 6.07) is 9.98. The van der Waals surface area contributed by atoms with Gasteiger partial charge in [0, 0.05) is 18.3 Å². The number of halogens is 1. The number of carbonyl (C=O) groups is 1. The first-order valence-electron chi connectivity index (χ1n) is 6.88. The van der Waals surface area contributed by atoms with Crippen LogP contribution in [-0.4, -0.2) is 26.1 Å². The molecule has 5 heteroatoms. The zero-order valence-electron chi connectivity index (χ0n) is 12.6. The van der Waals surface area contributed by atoms with E-state index in [1.807, 2.05) is 56.0 Å². The Morgan fingerprint density at radius 2 is 1.95 bits per heavy atom. The van der Waals surface area contributed by atoms with E-state index in [1.165, 1.54) is 6.20 Å². The Balaban J connectivity index is 2.14. The first-order valence-corrected chi connectivity index (χ1v) is 7.26. The van der Waals surface area contributed by atoms with Crippen LogP contribution in [0.25, 0.3) is 0 Å². The first-order chi connectivity index (χ1) is 9.86. The second kappa shape index (κ2) is 6.31. The molecule has 4 nitrogen and oxygen atoms in total. The van der Waals surface area contributed by atoms with Crippen molar-refractivity contribution in [2.45, 2.75) is 39.4 Å². The van der Waals surface area contributed by atoms with Crippen LogP contribution in [0.1, 0.15) is 26.3 Å². The molecule has 0 saturated carbocycles. The average Bonchev–Trinajstić information content (AvgIpc) is 2.81. The average molecular weight is 306 g/mol. The molecule has 2 aromatic rings. The van der Waals surface area contributed by atoms with Gasteiger partial charge in [-0.05, 0) is 26.3 Å². The Morgan fingerprint density at radius 1 is 1.29 bits per heavy atom. The minimum absolute atomic E-state index is 0.0196. The Kier molecular flexibility index (Phi) is 4.68. The second-order valence-electron chi connectivity index (χ2n) is 5.99. The molecule has 1 aromatic heterocycles. The zero-order chi connectivity index (χ0) is 15.5. The van der Waals surface area contributed by atoms with Gasteiger partial charge < -0.3 is 4.90 Å². The van der Waals surface area contributed by atoms with Crippen molar-refractivity contribution in [1.82, 2.24) is 14.7 Å². The van der Waals surface area contributed by atoms with E-state index >= 15 is 0 Å². The summed E-state index contributed by atoms with van der Waals surface area (Å²) in [4.78, 5) is 14.5. The molecule has 0 spiro atoms. The Morgan fingerprint density at radius 3 is 2.48 bits per heavy atom. The lowest BCUT2D eigenvalue weighted by molar-refractivity contribution is -0.137. The predicted octanol–water partition coefficient (Wildman–Crippen LogP) is 3.36. The van der Waals surface area contributed by atoms with E-state index in [-0.39, 0.29) is 18.0 Å². The molecule has 1 aromatic carbocycles. The fourth-order valence-corrected chi connectivity index (χ4v) is 2.27. The van der Waals surface area contributed by atoms with Crippen LogP contribution in [0.5, 0.6) is 0 Å². The number of amides is 1. The van der Waals surface area contributed by atoms with Gasteiger partial charge in [-0.15, -0.1) is 0 Å². The van der Waals surface area contributed by atoms with Gasteiger partial charge in [-0.3, -0.25) is 9.48 Å². The summed E-state index contributed by atoms with van der Waals surface area (Å²) in [6.07, 6.45) is 3.19. The number of hydrogen-bond acceptors (Lipinski definition) is 2. The van der Waals surface area contributed by atoms with Crippen LogP contribution in [0.15, 0.2) is 42.7 Å². The first kappa shape index (κ1) is 15.6. The number of carbonyl (C=O) groups excluding carboxylic acids is 1. The van der Waals surface area contributed by atoms with Crippen LogP contribution in [0, 0.1) is 0 Å². The zero-order valence-corrected chi connectivity index (χ0v) is 13.3. The van der Waals surface area contributed by atoms with Gasteiger partial charge in [-0.1, -0.05) is 41.9 Å². The molecule has 0 fully saturated rings. The van der Waals surface area contributed by atoms with Gasteiger partial charge in [-0.25, -0.2) is 0 Å². The lowest BCUT2D eigenvalue weighted by Crippen LogP contribution is -2.46. The van der Waals surface area contributed by atoms with Gasteiger partial charge in [0.2, 0.25) is 5.91 Å². The SMILES string of the molecule is CC(C)(C)N(Cc1ccccc1)C(=O)Cn1cc(Cl)cn1. The van der Waals surface area contributed by atoms with E-state index in [0.717, 1.165) is 5.56 Å². The maximum absolute atomic E-state index is 12.6. The van der Waals surface area contributed by atoms with E-state index in [1.54, 1.807) is 10.9 Å². The topological polar surface area (TPSA) is 38.1 Å². The molecule has 0 N–H and O–H groups in total. The van der Waals surface area contributed by atoms with Crippen molar-refractivity contribution < 1.29 is 4.79 Å². The highest BCUT2D eigenvalue weighted by Gasteiger charge is 2.26. The summed E-state index contributed by atoms with van der Waals surface area (Å²) >= 11 is 5.83. The molecule has 0 aliphatic heterocycles. The number of aromatic nitrogens is 2. The van der Waals surface area contributed by atoms with Crippen LogP contribution in [-0.2, 0) is 17.9 Å². The van der Waals surface area contributed by atoms with Crippen molar-refractivity contribution in [3.8, 4) is 0 Å². The van der Waals surface area contributed by atoms with Gasteiger partial charge in [0.05, 0.1) is 11.2 Å². The molecule has 0 radical (unpaired) electrons. The Bertz CT molecular complexity index is 601. The molecule has 0 aliphatic carbocycles. The summed E-state index contributed by atoms with van der Waals surface area (Å²) < 4.78 is 1.56. The van der Waals surface area contributed by atoms with Crippen LogP contribution < -0.4 is 0 Å². The third-order valence-corrected chi connectivity index (χ3v) is 3.39. The molecule has 1 amide bonds. The second-order valence-corrected chi connectivity index (χ2v) is 6.43. The van der Waals surface area contributed by atoms with Crippen molar-refractivity contribution in [3.05, 3.63) is 53.3 Å². The number of nitrogens with zero attached hydrogens (tertiary/aromatic N) is 3. The molecule has 112 valence electrons. The molecular weight excluding hydrogens is 286 g/mol. The standard InChI is InChI=1S/C16H20ClN3O/c1-16(2,3)20(10-13-7-5-4-6-8-13)15(21)12-19-11-14(17)9-18-19/h4-9,11H,10,12H2,1-3H3. The molecule has 0 unspecified atom stereocenters. The molecule has 21 heavy (non-hydrogen) atoms. The van der Waals surface area contributed by atoms with Crippen LogP contribution in [0.3, 0.4) is 0 Å². The van der Waals surface area contributed by atoms with E-state index < -0.39 is 0 Å². The van der Waals surface area contributed by atoms with Gasteiger partial charge in [-0.2, -0.15) is 5.10 Å². The van der Waals surface area contributed by atoms with E-state index in [9.17, 15) is 4.79 Å². The van der Waals surface area contributed by atoms with Crippen LogP contribution in [0.2, 0.25) is 5.02 Å². The Labute approximate surface area is 130 Å². The Hall–Kier alpha value is -1.81. The van der Waals surface area contributed by atoms with Gasteiger partial charge in [0.25, 0.3) is 0 Å². The minimum Gasteiger partial charge on any atom is -0.332 e. The fraction of sp³-hybridized carbons (Fsp3) is 0.375. The summed E-state index contributed by atoms with van der Waals surface area (Å²) in [6.45, 7) is 6.87. The predicted molar refractivity (Wildman–Crippen MR) is 84.0 cm³/mol. The van der Waals surface area contributed by atoms with Crippen molar-refractivity contribution in [3.63, 3.8) is 0 Å². The maximum Gasteiger partial charge on any atom is 0.245 e. The highest BCUT2D eigenvalue weighted by atomic mass is 35.5. The number of rotatable bonds is 4. The van der Waals surface area contributed by atoms with Crippen molar-refractivity contribution in [2.24, 2.45) is 0 Å². The number of benzene rings is 1. The lowest BCUT2D eigenvalue weighted by atomic mass is 10.0. The molecule has 0 atom stereocenters. The van der Waals surface area contributed by atoms with Crippen LogP contribution in [0.4, 0.5) is 0 Å². The maximum atomic E-state index is 12.6. The van der Waals surface area contributed by atoms with Crippen molar-refractivity contribution in [2.75, 3.05) is 0 Å². The normalized spacial score (nSPS) is 11.4. The molecule has 0 bridgehead atoms. The summed E-state index contributed by atoms with van der Waals surface area (Å²) in [5, 5.41) is 4.60. The van der Waals surface area contributed by atoms with E-state index in [4.69, 9.17) is 11.6 Å². The lowest BCUT2D eigenvalue weighted by Gasteiger charge is -2.36. The number of hydrogen-bond donors (Lipinski definition) is 0. The third-order valence-electron chi connectivity index (χ3n) is 3.19.